The average molecular weight is 766 g/mol. The lowest BCUT2D eigenvalue weighted by molar-refractivity contribution is 0.632. The van der Waals surface area contributed by atoms with Gasteiger partial charge in [-0.1, -0.05) is 188 Å². The second kappa shape index (κ2) is 15.1. The molecule has 0 radical (unpaired) electrons. The summed E-state index contributed by atoms with van der Waals surface area (Å²) in [5.41, 5.74) is 14.4. The maximum absolute atomic E-state index is 6.83. The molecule has 0 saturated carbocycles. The Morgan fingerprint density at radius 1 is 0.300 bits per heavy atom. The number of hydrogen-bond acceptors (Lipinski definition) is 2. The fourth-order valence-electron chi connectivity index (χ4n) is 8.71. The van der Waals surface area contributed by atoms with Crippen LogP contribution in [0.4, 0.5) is 17.1 Å². The first-order valence-corrected chi connectivity index (χ1v) is 20.5. The predicted molar refractivity (Wildman–Crippen MR) is 253 cm³/mol. The van der Waals surface area contributed by atoms with E-state index in [1.54, 1.807) is 0 Å². The molecule has 0 aliphatic carbocycles. The molecular weight excluding hydrogens is 727 g/mol. The van der Waals surface area contributed by atoms with E-state index in [0.717, 1.165) is 56.0 Å². The Labute approximate surface area is 349 Å². The third-order valence-corrected chi connectivity index (χ3v) is 11.7. The maximum Gasteiger partial charge on any atom is 0.145 e. The quantitative estimate of drug-likeness (QED) is 0.153. The zero-order valence-electron chi connectivity index (χ0n) is 32.9. The van der Waals surface area contributed by atoms with Gasteiger partial charge in [-0.3, -0.25) is 0 Å². The first-order valence-electron chi connectivity index (χ1n) is 20.5. The third-order valence-electron chi connectivity index (χ3n) is 11.7. The molecule has 0 N–H and O–H groups in total. The Kier molecular flexibility index (Phi) is 8.87. The number of hydrogen-bond donors (Lipinski definition) is 0. The minimum absolute atomic E-state index is 0.846. The van der Waals surface area contributed by atoms with Crippen LogP contribution in [0.5, 0.6) is 0 Å². The minimum atomic E-state index is 0.846. The van der Waals surface area contributed by atoms with Gasteiger partial charge in [0.25, 0.3) is 0 Å². The van der Waals surface area contributed by atoms with E-state index in [1.807, 2.05) is 6.07 Å². The molecule has 2 nitrogen and oxygen atoms in total. The number of anilines is 3. The maximum atomic E-state index is 6.83. The summed E-state index contributed by atoms with van der Waals surface area (Å²) in [6.45, 7) is 0. The monoisotopic (exact) mass is 765 g/mol. The first-order chi connectivity index (χ1) is 29.7. The molecule has 0 atom stereocenters. The molecule has 0 spiro atoms. The normalized spacial score (nSPS) is 11.3. The van der Waals surface area contributed by atoms with Gasteiger partial charge >= 0.3 is 0 Å². The highest BCUT2D eigenvalue weighted by Gasteiger charge is 2.24. The smallest absolute Gasteiger partial charge is 0.145 e. The van der Waals surface area contributed by atoms with E-state index in [4.69, 9.17) is 4.42 Å². The van der Waals surface area contributed by atoms with Crippen LogP contribution in [0.3, 0.4) is 0 Å². The lowest BCUT2D eigenvalue weighted by Gasteiger charge is -2.28. The molecule has 1 heterocycles. The Bertz CT molecular complexity index is 3280. The van der Waals surface area contributed by atoms with Crippen molar-refractivity contribution >= 4 is 49.6 Å². The Balaban J connectivity index is 1.02. The Morgan fingerprint density at radius 3 is 1.57 bits per heavy atom. The third kappa shape index (κ3) is 6.41. The van der Waals surface area contributed by atoms with Gasteiger partial charge in [0.05, 0.1) is 5.69 Å². The van der Waals surface area contributed by atoms with Crippen LogP contribution < -0.4 is 4.90 Å². The highest BCUT2D eigenvalue weighted by molar-refractivity contribution is 6.04. The van der Waals surface area contributed by atoms with Gasteiger partial charge in [0, 0.05) is 27.9 Å². The molecule has 0 aliphatic heterocycles. The molecule has 11 aromatic rings. The molecule has 0 fully saturated rings. The largest absolute Gasteiger partial charge is 0.455 e. The zero-order chi connectivity index (χ0) is 39.8. The topological polar surface area (TPSA) is 16.4 Å². The summed E-state index contributed by atoms with van der Waals surface area (Å²) in [7, 11) is 0. The highest BCUT2D eigenvalue weighted by atomic mass is 16.3. The molecule has 1 aromatic heterocycles. The summed E-state index contributed by atoms with van der Waals surface area (Å²) < 4.78 is 6.83. The van der Waals surface area contributed by atoms with Crippen molar-refractivity contribution in [1.82, 2.24) is 0 Å². The van der Waals surface area contributed by atoms with Crippen molar-refractivity contribution in [3.8, 4) is 55.8 Å². The first kappa shape index (κ1) is 35.2. The Hall–Kier alpha value is -7.94. The second-order valence-corrected chi connectivity index (χ2v) is 15.3. The molecule has 10 aromatic carbocycles. The van der Waals surface area contributed by atoms with Crippen molar-refractivity contribution in [2.45, 2.75) is 0 Å². The van der Waals surface area contributed by atoms with Crippen molar-refractivity contribution in [3.63, 3.8) is 0 Å². The van der Waals surface area contributed by atoms with Crippen molar-refractivity contribution in [3.05, 3.63) is 237 Å². The number of rotatable bonds is 8. The van der Waals surface area contributed by atoms with Gasteiger partial charge in [0.15, 0.2) is 0 Å². The van der Waals surface area contributed by atoms with E-state index in [2.05, 4.69) is 235 Å². The lowest BCUT2D eigenvalue weighted by Crippen LogP contribution is -2.11. The van der Waals surface area contributed by atoms with Crippen molar-refractivity contribution < 1.29 is 4.42 Å². The van der Waals surface area contributed by atoms with Gasteiger partial charge in [-0.2, -0.15) is 0 Å². The second-order valence-electron chi connectivity index (χ2n) is 15.3. The molecule has 11 rings (SSSR count). The highest BCUT2D eigenvalue weighted by Crippen LogP contribution is 2.47. The lowest BCUT2D eigenvalue weighted by atomic mass is 9.96. The number of benzene rings is 10. The molecule has 0 bridgehead atoms. The number of furan rings is 1. The molecule has 282 valence electrons. The molecule has 0 unspecified atom stereocenters. The molecule has 0 amide bonds. The van der Waals surface area contributed by atoms with Crippen LogP contribution in [-0.2, 0) is 0 Å². The summed E-state index contributed by atoms with van der Waals surface area (Å²) in [6.07, 6.45) is 0. The van der Waals surface area contributed by atoms with Gasteiger partial charge in [0.2, 0.25) is 0 Å². The van der Waals surface area contributed by atoms with E-state index in [0.29, 0.717) is 0 Å². The minimum Gasteiger partial charge on any atom is -0.455 e. The predicted octanol–water partition coefficient (Wildman–Crippen LogP) is 16.5. The van der Waals surface area contributed by atoms with Crippen LogP contribution >= 0.6 is 0 Å². The summed E-state index contributed by atoms with van der Waals surface area (Å²) >= 11 is 0. The summed E-state index contributed by atoms with van der Waals surface area (Å²) in [4.78, 5) is 2.36. The van der Waals surface area contributed by atoms with Crippen LogP contribution in [-0.4, -0.2) is 0 Å². The van der Waals surface area contributed by atoms with E-state index < -0.39 is 0 Å². The van der Waals surface area contributed by atoms with Crippen LogP contribution in [0.1, 0.15) is 0 Å². The number of nitrogens with zero attached hydrogens (tertiary/aromatic N) is 1. The van der Waals surface area contributed by atoms with Crippen LogP contribution in [0.2, 0.25) is 0 Å². The van der Waals surface area contributed by atoms with E-state index in [9.17, 15) is 0 Å². The van der Waals surface area contributed by atoms with Gasteiger partial charge in [-0.05, 0) is 109 Å². The average Bonchev–Trinajstić information content (AvgIpc) is 3.72. The van der Waals surface area contributed by atoms with Gasteiger partial charge < -0.3 is 9.32 Å². The zero-order valence-corrected chi connectivity index (χ0v) is 32.9. The summed E-state index contributed by atoms with van der Waals surface area (Å²) in [6, 6.07) is 84.7. The molecular formula is C58H39NO. The molecule has 60 heavy (non-hydrogen) atoms. The fraction of sp³-hybridized carbons (Fsp3) is 0. The van der Waals surface area contributed by atoms with E-state index in [1.165, 1.54) is 49.4 Å². The Morgan fingerprint density at radius 2 is 0.817 bits per heavy atom. The van der Waals surface area contributed by atoms with Gasteiger partial charge in [-0.25, -0.2) is 0 Å². The van der Waals surface area contributed by atoms with E-state index in [-0.39, 0.29) is 0 Å². The number of fused-ring (bicyclic) bond motifs is 3. The van der Waals surface area contributed by atoms with Crippen molar-refractivity contribution in [2.75, 3.05) is 4.90 Å². The van der Waals surface area contributed by atoms with Crippen LogP contribution in [0, 0.1) is 0 Å². The van der Waals surface area contributed by atoms with E-state index >= 15 is 0 Å². The number of para-hydroxylation sites is 2. The fourth-order valence-corrected chi connectivity index (χ4v) is 8.71. The van der Waals surface area contributed by atoms with Crippen molar-refractivity contribution in [1.29, 1.82) is 0 Å². The molecule has 0 saturated heterocycles. The van der Waals surface area contributed by atoms with Gasteiger partial charge in [0.1, 0.15) is 11.3 Å². The molecule has 2 heteroatoms. The van der Waals surface area contributed by atoms with Gasteiger partial charge in [-0.15, -0.1) is 0 Å². The molecule has 0 aliphatic rings. The van der Waals surface area contributed by atoms with Crippen molar-refractivity contribution in [2.24, 2.45) is 0 Å². The summed E-state index contributed by atoms with van der Waals surface area (Å²) in [5, 5.41) is 6.08. The SMILES string of the molecule is c1ccc(-c2c(-c3ccccc3N(c3ccc(-c4ccc(-c5cccc6ccccc56)cc4)cc3)c3ccc(-c4ccc5ccccc5c4)cc3)oc3ccccc23)cc1. The standard InChI is InChI=1S/C58H39NO/c1-2-15-46(16-3-1)57-54-21-9-11-24-56(54)60-58(57)53-20-8-10-23-55(53)59(50-37-33-43(34-38-50)48-30-27-40-13-4-5-17-47(40)39-48)49-35-31-42(32-36-49)41-25-28-45(29-26-41)52-22-12-18-44-14-6-7-19-51(44)52/h1-39H. The summed E-state index contributed by atoms with van der Waals surface area (Å²) in [5.74, 6) is 0.846. The van der Waals surface area contributed by atoms with Crippen LogP contribution in [0.25, 0.3) is 88.3 Å². The van der Waals surface area contributed by atoms with Crippen LogP contribution in [0.15, 0.2) is 241 Å².